The molecule has 0 aliphatic carbocycles. The Morgan fingerprint density at radius 3 is 2.90 bits per heavy atom. The van der Waals surface area contributed by atoms with Gasteiger partial charge >= 0.3 is 0 Å². The third-order valence-corrected chi connectivity index (χ3v) is 3.39. The van der Waals surface area contributed by atoms with E-state index < -0.39 is 0 Å². The Bertz CT molecular complexity index is 254. The molecule has 2 N–H and O–H groups in total. The van der Waals surface area contributed by atoms with Crippen molar-refractivity contribution in [3.8, 4) is 0 Å². The molecule has 118 valence electrons. The summed E-state index contributed by atoms with van der Waals surface area (Å²) in [6.07, 6.45) is 8.34. The van der Waals surface area contributed by atoms with Crippen molar-refractivity contribution in [2.45, 2.75) is 45.0 Å². The van der Waals surface area contributed by atoms with Crippen molar-refractivity contribution >= 4 is 0 Å². The molecular weight excluding hydrogens is 258 g/mol. The minimum Gasteiger partial charge on any atom is -0.359 e. The van der Waals surface area contributed by atoms with Crippen molar-refractivity contribution < 1.29 is 18.9 Å². The van der Waals surface area contributed by atoms with Crippen LogP contribution in [0.25, 0.3) is 0 Å². The fraction of sp³-hybridized carbons (Fsp3) is 0.867. The maximum Gasteiger partial charge on any atom is 0.157 e. The highest BCUT2D eigenvalue weighted by Crippen LogP contribution is 2.15. The lowest BCUT2D eigenvalue weighted by atomic mass is 10.0. The lowest BCUT2D eigenvalue weighted by molar-refractivity contribution is -0.155. The van der Waals surface area contributed by atoms with Gasteiger partial charge in [0.05, 0.1) is 12.7 Å². The SMILES string of the molecule is COCO[C@@H](CCN)[C@H](C)/C=C/COC1CCCCO1. The quantitative estimate of drug-likeness (QED) is 0.492. The zero-order valence-corrected chi connectivity index (χ0v) is 12.8. The summed E-state index contributed by atoms with van der Waals surface area (Å²) in [5.41, 5.74) is 5.61. The summed E-state index contributed by atoms with van der Waals surface area (Å²) in [6.45, 7) is 4.42. The van der Waals surface area contributed by atoms with E-state index in [1.807, 2.05) is 6.08 Å². The first-order chi connectivity index (χ1) is 9.77. The molecule has 5 nitrogen and oxygen atoms in total. The van der Waals surface area contributed by atoms with Gasteiger partial charge in [0.1, 0.15) is 6.79 Å². The lowest BCUT2D eigenvalue weighted by Gasteiger charge is -2.23. The Labute approximate surface area is 122 Å². The molecule has 20 heavy (non-hydrogen) atoms. The van der Waals surface area contributed by atoms with Gasteiger partial charge in [0.2, 0.25) is 0 Å². The molecular formula is C15H29NO4. The molecule has 5 heteroatoms. The average Bonchev–Trinajstić information content (AvgIpc) is 2.49. The number of methoxy groups -OCH3 is 1. The fourth-order valence-corrected chi connectivity index (χ4v) is 2.22. The van der Waals surface area contributed by atoms with Crippen molar-refractivity contribution in [1.82, 2.24) is 0 Å². The van der Waals surface area contributed by atoms with Crippen molar-refractivity contribution in [3.63, 3.8) is 0 Å². The lowest BCUT2D eigenvalue weighted by Crippen LogP contribution is -2.25. The summed E-state index contributed by atoms with van der Waals surface area (Å²) in [5.74, 6) is 0.282. The van der Waals surface area contributed by atoms with Gasteiger partial charge in [0.15, 0.2) is 6.29 Å². The van der Waals surface area contributed by atoms with E-state index in [4.69, 9.17) is 24.7 Å². The Balaban J connectivity index is 2.22. The number of hydrogen-bond donors (Lipinski definition) is 1. The van der Waals surface area contributed by atoms with Gasteiger partial charge in [-0.2, -0.15) is 0 Å². The molecule has 0 saturated carbocycles. The topological polar surface area (TPSA) is 62.9 Å². The Morgan fingerprint density at radius 2 is 2.25 bits per heavy atom. The fourth-order valence-electron chi connectivity index (χ4n) is 2.22. The van der Waals surface area contributed by atoms with Crippen LogP contribution in [0, 0.1) is 5.92 Å². The number of hydrogen-bond acceptors (Lipinski definition) is 5. The second kappa shape index (κ2) is 11.2. The second-order valence-electron chi connectivity index (χ2n) is 5.11. The van der Waals surface area contributed by atoms with Gasteiger partial charge in [-0.15, -0.1) is 0 Å². The average molecular weight is 287 g/mol. The molecule has 0 spiro atoms. The Hall–Kier alpha value is -0.460. The normalized spacial score (nSPS) is 23.1. The van der Waals surface area contributed by atoms with Crippen LogP contribution in [0.4, 0.5) is 0 Å². The van der Waals surface area contributed by atoms with Crippen LogP contribution in [0.1, 0.15) is 32.6 Å². The van der Waals surface area contributed by atoms with Crippen LogP contribution in [-0.2, 0) is 18.9 Å². The maximum absolute atomic E-state index is 5.65. The molecule has 0 radical (unpaired) electrons. The zero-order valence-electron chi connectivity index (χ0n) is 12.8. The van der Waals surface area contributed by atoms with Crippen LogP contribution >= 0.6 is 0 Å². The molecule has 1 fully saturated rings. The highest BCUT2D eigenvalue weighted by molar-refractivity contribution is 4.90. The monoisotopic (exact) mass is 287 g/mol. The van der Waals surface area contributed by atoms with Crippen LogP contribution in [0.3, 0.4) is 0 Å². The standard InChI is InChI=1S/C15H29NO4/c1-13(14(8-9-16)20-12-17-2)6-5-11-19-15-7-3-4-10-18-15/h5-6,13-15H,3-4,7-12,16H2,1-2H3/b6-5+/t13-,14+,15?/m1/s1. The van der Waals surface area contributed by atoms with E-state index in [2.05, 4.69) is 13.0 Å². The van der Waals surface area contributed by atoms with Gasteiger partial charge in [-0.3, -0.25) is 0 Å². The third kappa shape index (κ3) is 7.36. The molecule has 0 aromatic carbocycles. The van der Waals surface area contributed by atoms with Gasteiger partial charge in [-0.05, 0) is 32.2 Å². The molecule has 0 aromatic heterocycles. The van der Waals surface area contributed by atoms with Gasteiger partial charge < -0.3 is 24.7 Å². The summed E-state index contributed by atoms with van der Waals surface area (Å²) in [5, 5.41) is 0. The van der Waals surface area contributed by atoms with Crippen molar-refractivity contribution in [2.24, 2.45) is 11.7 Å². The molecule has 1 aliphatic heterocycles. The summed E-state index contributed by atoms with van der Waals surface area (Å²) < 4.78 is 21.7. The zero-order chi connectivity index (χ0) is 14.6. The molecule has 1 heterocycles. The Kier molecular flexibility index (Phi) is 9.87. The van der Waals surface area contributed by atoms with E-state index in [0.717, 1.165) is 25.9 Å². The molecule has 0 aromatic rings. The number of nitrogens with two attached hydrogens (primary N) is 1. The van der Waals surface area contributed by atoms with Crippen LogP contribution in [0.15, 0.2) is 12.2 Å². The third-order valence-electron chi connectivity index (χ3n) is 3.39. The minimum absolute atomic E-state index is 0.0340. The van der Waals surface area contributed by atoms with E-state index in [-0.39, 0.29) is 18.3 Å². The Morgan fingerprint density at radius 1 is 1.40 bits per heavy atom. The number of rotatable bonds is 10. The van der Waals surface area contributed by atoms with E-state index in [9.17, 15) is 0 Å². The molecule has 1 rings (SSSR count). The van der Waals surface area contributed by atoms with E-state index in [1.54, 1.807) is 7.11 Å². The first kappa shape index (κ1) is 17.6. The summed E-state index contributed by atoms with van der Waals surface area (Å²) in [4.78, 5) is 0. The van der Waals surface area contributed by atoms with Crippen LogP contribution < -0.4 is 5.73 Å². The predicted octanol–water partition coefficient (Wildman–Crippen LogP) is 2.06. The van der Waals surface area contributed by atoms with Gasteiger partial charge in [-0.1, -0.05) is 19.1 Å². The number of ether oxygens (including phenoxy) is 4. The molecule has 0 bridgehead atoms. The molecule has 1 unspecified atom stereocenters. The van der Waals surface area contributed by atoms with Crippen LogP contribution in [0.5, 0.6) is 0 Å². The van der Waals surface area contributed by atoms with E-state index in [0.29, 0.717) is 19.9 Å². The smallest absolute Gasteiger partial charge is 0.157 e. The van der Waals surface area contributed by atoms with E-state index >= 15 is 0 Å². The highest BCUT2D eigenvalue weighted by atomic mass is 16.7. The second-order valence-corrected chi connectivity index (χ2v) is 5.11. The van der Waals surface area contributed by atoms with Gasteiger partial charge in [-0.25, -0.2) is 0 Å². The molecule has 1 aliphatic rings. The largest absolute Gasteiger partial charge is 0.359 e. The first-order valence-corrected chi connectivity index (χ1v) is 7.48. The van der Waals surface area contributed by atoms with Crippen LogP contribution in [-0.4, -0.2) is 46.1 Å². The maximum atomic E-state index is 5.65. The minimum atomic E-state index is -0.0340. The van der Waals surface area contributed by atoms with Gasteiger partial charge in [0.25, 0.3) is 0 Å². The summed E-state index contributed by atoms with van der Waals surface area (Å²) >= 11 is 0. The van der Waals surface area contributed by atoms with Crippen molar-refractivity contribution in [1.29, 1.82) is 0 Å². The summed E-state index contributed by atoms with van der Waals surface area (Å²) in [6, 6.07) is 0. The van der Waals surface area contributed by atoms with Crippen molar-refractivity contribution in [3.05, 3.63) is 12.2 Å². The highest BCUT2D eigenvalue weighted by Gasteiger charge is 2.15. The molecule has 0 amide bonds. The van der Waals surface area contributed by atoms with Crippen molar-refractivity contribution in [2.75, 3.05) is 33.7 Å². The summed E-state index contributed by atoms with van der Waals surface area (Å²) in [7, 11) is 1.62. The van der Waals surface area contributed by atoms with Gasteiger partial charge in [0, 0.05) is 19.6 Å². The molecule has 3 atom stereocenters. The van der Waals surface area contributed by atoms with E-state index in [1.165, 1.54) is 6.42 Å². The first-order valence-electron chi connectivity index (χ1n) is 7.48. The van der Waals surface area contributed by atoms with Crippen LogP contribution in [0.2, 0.25) is 0 Å². The predicted molar refractivity (Wildman–Crippen MR) is 78.3 cm³/mol. The molecule has 1 saturated heterocycles.